The molecule has 1 aliphatic heterocycles. The van der Waals surface area contributed by atoms with Gasteiger partial charge in [-0.15, -0.1) is 0 Å². The molecule has 0 unspecified atom stereocenters. The molecule has 138 valence electrons. The largest absolute Gasteiger partial charge is 0.467 e. The predicted molar refractivity (Wildman–Crippen MR) is 95.5 cm³/mol. The smallest absolute Gasteiger partial charge is 0.331 e. The molecule has 1 N–H and O–H groups in total. The number of rotatable bonds is 5. The second kappa shape index (κ2) is 7.19. The second-order valence-corrected chi connectivity index (χ2v) is 7.45. The van der Waals surface area contributed by atoms with Gasteiger partial charge in [0, 0.05) is 17.4 Å². The van der Waals surface area contributed by atoms with Crippen LogP contribution in [0.4, 0.5) is 0 Å². The van der Waals surface area contributed by atoms with Crippen molar-refractivity contribution in [2.75, 3.05) is 13.7 Å². The van der Waals surface area contributed by atoms with Crippen molar-refractivity contribution in [3.63, 3.8) is 0 Å². The number of nitrogens with zero attached hydrogens (tertiary/aromatic N) is 1. The highest BCUT2D eigenvalue weighted by molar-refractivity contribution is 9.10. The molecule has 1 saturated carbocycles. The highest BCUT2D eigenvalue weighted by atomic mass is 79.9. The number of nitrogens with one attached hydrogen (secondary N) is 1. The minimum Gasteiger partial charge on any atom is -0.467 e. The zero-order chi connectivity index (χ0) is 18.9. The van der Waals surface area contributed by atoms with E-state index in [1.165, 1.54) is 7.11 Å². The molecule has 0 radical (unpaired) electrons. The lowest BCUT2D eigenvalue weighted by Gasteiger charge is -2.27. The summed E-state index contributed by atoms with van der Waals surface area (Å²) < 4.78 is 5.53. The Hall–Kier alpha value is -2.22. The van der Waals surface area contributed by atoms with Gasteiger partial charge in [-0.2, -0.15) is 0 Å². The number of methoxy groups -OCH3 is 1. The van der Waals surface area contributed by atoms with Gasteiger partial charge in [0.05, 0.1) is 18.2 Å². The van der Waals surface area contributed by atoms with E-state index in [2.05, 4.69) is 21.2 Å². The number of amides is 3. The van der Waals surface area contributed by atoms with E-state index in [0.717, 1.165) is 17.7 Å². The van der Waals surface area contributed by atoms with Crippen molar-refractivity contribution >= 4 is 39.6 Å². The van der Waals surface area contributed by atoms with E-state index in [1.54, 1.807) is 18.2 Å². The minimum atomic E-state index is -0.987. The van der Waals surface area contributed by atoms with Gasteiger partial charge < -0.3 is 10.1 Å². The number of hydrogen-bond donors (Lipinski definition) is 1. The highest BCUT2D eigenvalue weighted by Crippen LogP contribution is 2.31. The Kier molecular flexibility index (Phi) is 5.13. The average molecular weight is 423 g/mol. The van der Waals surface area contributed by atoms with Crippen molar-refractivity contribution < 1.29 is 23.9 Å². The molecule has 1 aromatic carbocycles. The van der Waals surface area contributed by atoms with Crippen molar-refractivity contribution in [2.24, 2.45) is 0 Å². The van der Waals surface area contributed by atoms with Gasteiger partial charge in [0.1, 0.15) is 5.54 Å². The summed E-state index contributed by atoms with van der Waals surface area (Å²) in [5, 5.41) is 2.76. The highest BCUT2D eigenvalue weighted by Gasteiger charge is 2.43. The van der Waals surface area contributed by atoms with Crippen LogP contribution in [0.25, 0.3) is 0 Å². The van der Waals surface area contributed by atoms with Crippen LogP contribution in [0, 0.1) is 0 Å². The van der Waals surface area contributed by atoms with Crippen LogP contribution in [0.3, 0.4) is 0 Å². The van der Waals surface area contributed by atoms with Gasteiger partial charge in [0.25, 0.3) is 11.8 Å². The maximum Gasteiger partial charge on any atom is 0.331 e. The van der Waals surface area contributed by atoms with Crippen molar-refractivity contribution in [1.29, 1.82) is 0 Å². The van der Waals surface area contributed by atoms with E-state index in [9.17, 15) is 19.2 Å². The second-order valence-electron chi connectivity index (χ2n) is 6.53. The third-order valence-corrected chi connectivity index (χ3v) is 5.40. The lowest BCUT2D eigenvalue weighted by Crippen LogP contribution is -2.53. The molecule has 26 heavy (non-hydrogen) atoms. The van der Waals surface area contributed by atoms with Crippen LogP contribution in [-0.4, -0.2) is 47.8 Å². The molecule has 1 aromatic rings. The Bertz CT molecular complexity index is 786. The van der Waals surface area contributed by atoms with Gasteiger partial charge >= 0.3 is 5.97 Å². The first-order valence-electron chi connectivity index (χ1n) is 8.43. The Labute approximate surface area is 159 Å². The number of fused-ring (bicyclic) bond motifs is 1. The van der Waals surface area contributed by atoms with E-state index < -0.39 is 23.3 Å². The molecule has 0 bridgehead atoms. The zero-order valence-corrected chi connectivity index (χ0v) is 15.9. The summed E-state index contributed by atoms with van der Waals surface area (Å²) in [5.41, 5.74) is -0.328. The van der Waals surface area contributed by atoms with Crippen molar-refractivity contribution in [3.8, 4) is 0 Å². The summed E-state index contributed by atoms with van der Waals surface area (Å²) in [6, 6.07) is 4.88. The van der Waals surface area contributed by atoms with Crippen LogP contribution in [0.1, 0.15) is 52.8 Å². The number of carbonyl (C=O) groups excluding carboxylic acids is 4. The molecule has 1 aliphatic carbocycles. The fourth-order valence-electron chi connectivity index (χ4n) is 3.56. The number of ether oxygens (including phenoxy) is 1. The fraction of sp³-hybridized carbons (Fsp3) is 0.444. The van der Waals surface area contributed by atoms with E-state index in [0.29, 0.717) is 28.4 Å². The Morgan fingerprint density at radius 1 is 1.19 bits per heavy atom. The fourth-order valence-corrected chi connectivity index (χ4v) is 3.92. The summed E-state index contributed by atoms with van der Waals surface area (Å²) in [5.74, 6) is -1.65. The molecule has 2 aliphatic rings. The molecule has 3 amide bonds. The number of hydrogen-bond acceptors (Lipinski definition) is 5. The quantitative estimate of drug-likeness (QED) is 0.578. The molecule has 0 aromatic heterocycles. The Morgan fingerprint density at radius 2 is 1.85 bits per heavy atom. The Balaban J connectivity index is 1.64. The molecule has 0 atom stereocenters. The SMILES string of the molecule is COC(=O)C1(NC(=O)CCN2C(=O)c3ccc(Br)cc3C2=O)CCCC1. The van der Waals surface area contributed by atoms with Crippen LogP contribution in [0.2, 0.25) is 0 Å². The number of benzene rings is 1. The molecule has 0 spiro atoms. The van der Waals surface area contributed by atoms with Gasteiger partial charge in [-0.05, 0) is 31.0 Å². The van der Waals surface area contributed by atoms with Crippen LogP contribution in [0.15, 0.2) is 22.7 Å². The molecule has 0 saturated heterocycles. The minimum absolute atomic E-state index is 0.0347. The molecular weight excluding hydrogens is 404 g/mol. The van der Waals surface area contributed by atoms with E-state index in [1.807, 2.05) is 0 Å². The van der Waals surface area contributed by atoms with Crippen molar-refractivity contribution in [3.05, 3.63) is 33.8 Å². The Morgan fingerprint density at radius 3 is 2.50 bits per heavy atom. The van der Waals surface area contributed by atoms with Crippen LogP contribution in [0.5, 0.6) is 0 Å². The standard InChI is InChI=1S/C18H19BrN2O5/c1-26-17(25)18(7-2-3-8-18)20-14(22)6-9-21-15(23)12-5-4-11(19)10-13(12)16(21)24/h4-5,10H,2-3,6-9H2,1H3,(H,20,22). The zero-order valence-electron chi connectivity index (χ0n) is 14.3. The monoisotopic (exact) mass is 422 g/mol. The van der Waals surface area contributed by atoms with E-state index in [4.69, 9.17) is 4.74 Å². The first-order valence-corrected chi connectivity index (χ1v) is 9.22. The third kappa shape index (κ3) is 3.25. The summed E-state index contributed by atoms with van der Waals surface area (Å²) in [4.78, 5) is 50.3. The first kappa shape index (κ1) is 18.6. The van der Waals surface area contributed by atoms with Gasteiger partial charge in [-0.1, -0.05) is 28.8 Å². The summed E-state index contributed by atoms with van der Waals surface area (Å²) in [6.07, 6.45) is 2.68. The van der Waals surface area contributed by atoms with Crippen molar-refractivity contribution in [1.82, 2.24) is 10.2 Å². The van der Waals surface area contributed by atoms with Crippen molar-refractivity contribution in [2.45, 2.75) is 37.6 Å². The number of halogens is 1. The predicted octanol–water partition coefficient (Wildman–Crippen LogP) is 2.04. The summed E-state index contributed by atoms with van der Waals surface area (Å²) in [6.45, 7) is -0.0347. The summed E-state index contributed by atoms with van der Waals surface area (Å²) in [7, 11) is 1.30. The third-order valence-electron chi connectivity index (χ3n) is 4.91. The average Bonchev–Trinajstić information content (AvgIpc) is 3.18. The number of carbonyl (C=O) groups is 4. The molecule has 1 heterocycles. The molecule has 8 heteroatoms. The lowest BCUT2D eigenvalue weighted by molar-refractivity contribution is -0.150. The molecule has 7 nitrogen and oxygen atoms in total. The van der Waals surface area contributed by atoms with Gasteiger partial charge in [0.15, 0.2) is 0 Å². The topological polar surface area (TPSA) is 92.8 Å². The van der Waals surface area contributed by atoms with Gasteiger partial charge in [-0.3, -0.25) is 19.3 Å². The normalized spacial score (nSPS) is 18.0. The lowest BCUT2D eigenvalue weighted by atomic mass is 9.97. The van der Waals surface area contributed by atoms with E-state index in [-0.39, 0.29) is 18.9 Å². The van der Waals surface area contributed by atoms with Crippen LogP contribution in [-0.2, 0) is 14.3 Å². The molecular formula is C18H19BrN2O5. The van der Waals surface area contributed by atoms with Crippen LogP contribution >= 0.6 is 15.9 Å². The first-order chi connectivity index (χ1) is 12.4. The van der Waals surface area contributed by atoms with Gasteiger partial charge in [0.2, 0.25) is 5.91 Å². The van der Waals surface area contributed by atoms with E-state index >= 15 is 0 Å². The maximum atomic E-state index is 12.4. The van der Waals surface area contributed by atoms with Gasteiger partial charge in [-0.25, -0.2) is 4.79 Å². The number of imide groups is 1. The van der Waals surface area contributed by atoms with Crippen LogP contribution < -0.4 is 5.32 Å². The maximum absolute atomic E-state index is 12.4. The number of esters is 1. The summed E-state index contributed by atoms with van der Waals surface area (Å²) >= 11 is 3.28. The molecule has 3 rings (SSSR count). The molecule has 1 fully saturated rings.